The Morgan fingerprint density at radius 3 is 2.29 bits per heavy atom. The average Bonchev–Trinajstić information content (AvgIpc) is 2.92. The fourth-order valence-corrected chi connectivity index (χ4v) is 1.98. The standard InChI is InChI=1S/C17H22N4O3/c1-10-6-8-11(9-7-10)18-16(23)21-13-12(14(22)24-5)19-15(20-13)17(2,3)4/h6-9H,1-5H3,(H,19,20)(H2,18,21,23). The van der Waals surface area contributed by atoms with Crippen LogP contribution in [0, 0.1) is 6.92 Å². The number of carbonyl (C=O) groups is 2. The van der Waals surface area contributed by atoms with E-state index in [2.05, 4.69) is 20.6 Å². The number of aromatic amines is 1. The van der Waals surface area contributed by atoms with Gasteiger partial charge in [-0.15, -0.1) is 0 Å². The van der Waals surface area contributed by atoms with Gasteiger partial charge < -0.3 is 15.0 Å². The van der Waals surface area contributed by atoms with E-state index in [9.17, 15) is 9.59 Å². The number of rotatable bonds is 3. The number of hydrogen-bond donors (Lipinski definition) is 3. The fraction of sp³-hybridized carbons (Fsp3) is 0.353. The third-order valence-corrected chi connectivity index (χ3v) is 3.35. The number of ether oxygens (including phenoxy) is 1. The number of imidazole rings is 1. The highest BCUT2D eigenvalue weighted by Gasteiger charge is 2.25. The van der Waals surface area contributed by atoms with Crippen molar-refractivity contribution >= 4 is 23.5 Å². The van der Waals surface area contributed by atoms with Gasteiger partial charge in [0.15, 0.2) is 11.5 Å². The molecule has 2 rings (SSSR count). The van der Waals surface area contributed by atoms with Gasteiger partial charge in [0.05, 0.1) is 7.11 Å². The van der Waals surface area contributed by atoms with Gasteiger partial charge in [-0.05, 0) is 19.1 Å². The molecule has 3 N–H and O–H groups in total. The molecule has 0 fully saturated rings. The number of esters is 1. The molecule has 24 heavy (non-hydrogen) atoms. The number of aromatic nitrogens is 2. The van der Waals surface area contributed by atoms with Crippen molar-refractivity contribution in [3.05, 3.63) is 41.3 Å². The van der Waals surface area contributed by atoms with Crippen LogP contribution < -0.4 is 10.6 Å². The monoisotopic (exact) mass is 330 g/mol. The summed E-state index contributed by atoms with van der Waals surface area (Å²) in [5.74, 6) is 0.119. The zero-order valence-corrected chi connectivity index (χ0v) is 14.5. The van der Waals surface area contributed by atoms with Crippen LogP contribution in [0.4, 0.5) is 16.3 Å². The molecule has 2 amide bonds. The van der Waals surface area contributed by atoms with Crippen LogP contribution in [0.15, 0.2) is 24.3 Å². The molecule has 128 valence electrons. The smallest absolute Gasteiger partial charge is 0.358 e. The highest BCUT2D eigenvalue weighted by molar-refractivity contribution is 6.03. The molecule has 7 nitrogen and oxygen atoms in total. The van der Waals surface area contributed by atoms with E-state index in [1.807, 2.05) is 39.8 Å². The first-order chi connectivity index (χ1) is 11.2. The van der Waals surface area contributed by atoms with Gasteiger partial charge in [0.2, 0.25) is 0 Å². The first kappa shape index (κ1) is 17.5. The molecule has 0 saturated heterocycles. The fourth-order valence-electron chi connectivity index (χ4n) is 1.98. The second-order valence-electron chi connectivity index (χ2n) is 6.50. The summed E-state index contributed by atoms with van der Waals surface area (Å²) in [6.07, 6.45) is 0. The molecule has 0 saturated carbocycles. The maximum Gasteiger partial charge on any atom is 0.358 e. The Morgan fingerprint density at radius 1 is 1.12 bits per heavy atom. The molecule has 2 aromatic rings. The SMILES string of the molecule is COC(=O)c1[nH]c(C(C)(C)C)nc1NC(=O)Nc1ccc(C)cc1. The molecule has 0 spiro atoms. The molecule has 7 heteroatoms. The third kappa shape index (κ3) is 4.13. The topological polar surface area (TPSA) is 96.1 Å². The number of aryl methyl sites for hydroxylation is 1. The van der Waals surface area contributed by atoms with Crippen LogP contribution in [-0.2, 0) is 10.2 Å². The minimum Gasteiger partial charge on any atom is -0.464 e. The molecule has 0 aliphatic heterocycles. The number of methoxy groups -OCH3 is 1. The zero-order chi connectivity index (χ0) is 17.9. The van der Waals surface area contributed by atoms with Crippen molar-refractivity contribution in [3.8, 4) is 0 Å². The third-order valence-electron chi connectivity index (χ3n) is 3.35. The van der Waals surface area contributed by atoms with E-state index in [0.717, 1.165) is 5.56 Å². The summed E-state index contributed by atoms with van der Waals surface area (Å²) in [6.45, 7) is 7.80. The summed E-state index contributed by atoms with van der Waals surface area (Å²) in [6, 6.07) is 6.88. The molecule has 0 atom stereocenters. The van der Waals surface area contributed by atoms with Crippen LogP contribution in [-0.4, -0.2) is 29.1 Å². The van der Waals surface area contributed by atoms with E-state index in [1.165, 1.54) is 7.11 Å². The minimum absolute atomic E-state index is 0.112. The van der Waals surface area contributed by atoms with Gasteiger partial charge in [-0.25, -0.2) is 14.6 Å². The molecular weight excluding hydrogens is 308 g/mol. The Morgan fingerprint density at radius 2 is 1.75 bits per heavy atom. The number of nitrogens with zero attached hydrogens (tertiary/aromatic N) is 1. The Balaban J connectivity index is 2.21. The molecular formula is C17H22N4O3. The molecule has 0 bridgehead atoms. The predicted molar refractivity (Wildman–Crippen MR) is 92.4 cm³/mol. The lowest BCUT2D eigenvalue weighted by atomic mass is 9.96. The Hall–Kier alpha value is -2.83. The highest BCUT2D eigenvalue weighted by atomic mass is 16.5. The number of urea groups is 1. The lowest BCUT2D eigenvalue weighted by molar-refractivity contribution is 0.0595. The van der Waals surface area contributed by atoms with Crippen LogP contribution in [0.2, 0.25) is 0 Å². The van der Waals surface area contributed by atoms with E-state index in [-0.39, 0.29) is 16.9 Å². The Bertz CT molecular complexity index is 742. The number of amides is 2. The highest BCUT2D eigenvalue weighted by Crippen LogP contribution is 2.24. The zero-order valence-electron chi connectivity index (χ0n) is 14.5. The molecule has 0 aliphatic carbocycles. The lowest BCUT2D eigenvalue weighted by Crippen LogP contribution is -2.21. The number of anilines is 2. The summed E-state index contributed by atoms with van der Waals surface area (Å²) in [5.41, 5.74) is 1.54. The maximum absolute atomic E-state index is 12.2. The van der Waals surface area contributed by atoms with Crippen molar-refractivity contribution in [1.82, 2.24) is 9.97 Å². The van der Waals surface area contributed by atoms with Crippen LogP contribution in [0.1, 0.15) is 42.6 Å². The number of carbonyl (C=O) groups excluding carboxylic acids is 2. The van der Waals surface area contributed by atoms with Crippen molar-refractivity contribution in [2.75, 3.05) is 17.7 Å². The first-order valence-electron chi connectivity index (χ1n) is 7.54. The van der Waals surface area contributed by atoms with Crippen molar-refractivity contribution in [1.29, 1.82) is 0 Å². The van der Waals surface area contributed by atoms with Crippen molar-refractivity contribution < 1.29 is 14.3 Å². The summed E-state index contributed by atoms with van der Waals surface area (Å²) in [5, 5.41) is 5.28. The molecule has 1 heterocycles. The van der Waals surface area contributed by atoms with Gasteiger partial charge in [-0.2, -0.15) is 0 Å². The van der Waals surface area contributed by atoms with Gasteiger partial charge in [0, 0.05) is 11.1 Å². The van der Waals surface area contributed by atoms with Gasteiger partial charge in [0.25, 0.3) is 0 Å². The Labute approximate surface area is 140 Å². The van der Waals surface area contributed by atoms with Gasteiger partial charge >= 0.3 is 12.0 Å². The number of H-pyrrole nitrogens is 1. The van der Waals surface area contributed by atoms with Crippen LogP contribution in [0.5, 0.6) is 0 Å². The average molecular weight is 330 g/mol. The molecule has 1 aromatic carbocycles. The summed E-state index contributed by atoms with van der Waals surface area (Å²) in [7, 11) is 1.27. The van der Waals surface area contributed by atoms with Gasteiger partial charge in [-0.1, -0.05) is 38.5 Å². The number of hydrogen-bond acceptors (Lipinski definition) is 4. The lowest BCUT2D eigenvalue weighted by Gasteiger charge is -2.13. The largest absolute Gasteiger partial charge is 0.464 e. The quantitative estimate of drug-likeness (QED) is 0.751. The molecule has 0 aliphatic rings. The minimum atomic E-state index is -0.594. The van der Waals surface area contributed by atoms with Crippen molar-refractivity contribution in [2.24, 2.45) is 0 Å². The molecule has 1 aromatic heterocycles. The van der Waals surface area contributed by atoms with Crippen LogP contribution >= 0.6 is 0 Å². The Kier molecular flexibility index (Phi) is 4.92. The van der Waals surface area contributed by atoms with Crippen LogP contribution in [0.3, 0.4) is 0 Å². The maximum atomic E-state index is 12.2. The summed E-state index contributed by atoms with van der Waals surface area (Å²) in [4.78, 5) is 31.3. The first-order valence-corrected chi connectivity index (χ1v) is 7.54. The molecule has 0 unspecified atom stereocenters. The van der Waals surface area contributed by atoms with E-state index in [0.29, 0.717) is 11.5 Å². The summed E-state index contributed by atoms with van der Waals surface area (Å²) >= 11 is 0. The van der Waals surface area contributed by atoms with E-state index < -0.39 is 12.0 Å². The van der Waals surface area contributed by atoms with Crippen molar-refractivity contribution in [2.45, 2.75) is 33.1 Å². The predicted octanol–water partition coefficient (Wildman–Crippen LogP) is 3.45. The van der Waals surface area contributed by atoms with Crippen molar-refractivity contribution in [3.63, 3.8) is 0 Å². The van der Waals surface area contributed by atoms with Gasteiger partial charge in [-0.3, -0.25) is 5.32 Å². The summed E-state index contributed by atoms with van der Waals surface area (Å²) < 4.78 is 4.73. The van der Waals surface area contributed by atoms with E-state index >= 15 is 0 Å². The number of nitrogens with one attached hydrogen (secondary N) is 3. The van der Waals surface area contributed by atoms with E-state index in [4.69, 9.17) is 4.74 Å². The van der Waals surface area contributed by atoms with Gasteiger partial charge in [0.1, 0.15) is 5.82 Å². The van der Waals surface area contributed by atoms with E-state index in [1.54, 1.807) is 12.1 Å². The van der Waals surface area contributed by atoms with Crippen LogP contribution in [0.25, 0.3) is 0 Å². The molecule has 0 radical (unpaired) electrons. The second kappa shape index (κ2) is 6.74. The normalized spacial score (nSPS) is 11.0. The number of benzene rings is 1. The second-order valence-corrected chi connectivity index (χ2v) is 6.50.